The Morgan fingerprint density at radius 2 is 2.17 bits per heavy atom. The second-order valence-electron chi connectivity index (χ2n) is 2.61. The Hall–Kier alpha value is -1.64. The van der Waals surface area contributed by atoms with Gasteiger partial charge in [-0.15, -0.1) is 0 Å². The van der Waals surface area contributed by atoms with Gasteiger partial charge in [-0.1, -0.05) is 0 Å². The molecule has 0 aliphatic heterocycles. The van der Waals surface area contributed by atoms with Crippen LogP contribution in [0.4, 0.5) is 0 Å². The van der Waals surface area contributed by atoms with Crippen molar-refractivity contribution in [3.8, 4) is 11.3 Å². The van der Waals surface area contributed by atoms with Crippen molar-refractivity contribution in [2.75, 3.05) is 0 Å². The molecule has 2 aromatic heterocycles. The number of nitrogens with zero attached hydrogens (tertiary/aromatic N) is 2. The van der Waals surface area contributed by atoms with Crippen LogP contribution in [0.25, 0.3) is 11.3 Å². The molecule has 0 spiro atoms. The maximum absolute atomic E-state index is 4.19. The Bertz CT molecular complexity index is 365. The number of pyridine rings is 1. The van der Waals surface area contributed by atoms with Gasteiger partial charge in [-0.25, -0.2) is 0 Å². The molecule has 3 heteroatoms. The molecular weight excluding hydrogens is 150 g/mol. The lowest BCUT2D eigenvalue weighted by molar-refractivity contribution is 1.09. The molecule has 0 bridgehead atoms. The number of rotatable bonds is 1. The fourth-order valence-corrected chi connectivity index (χ4v) is 1.17. The maximum Gasteiger partial charge on any atom is 0.0668 e. The number of aromatic nitrogens is 3. The van der Waals surface area contributed by atoms with Crippen molar-refractivity contribution in [3.63, 3.8) is 0 Å². The fraction of sp³-hybridized carbons (Fsp3) is 0.111. The van der Waals surface area contributed by atoms with Crippen molar-refractivity contribution >= 4 is 0 Å². The minimum Gasteiger partial charge on any atom is -0.278 e. The number of hydrogen-bond acceptors (Lipinski definition) is 2. The van der Waals surface area contributed by atoms with E-state index >= 15 is 0 Å². The molecule has 1 N–H and O–H groups in total. The molecule has 0 unspecified atom stereocenters. The molecule has 0 saturated carbocycles. The van der Waals surface area contributed by atoms with Crippen molar-refractivity contribution in [3.05, 3.63) is 36.3 Å². The molecular formula is C9H9N3. The van der Waals surface area contributed by atoms with E-state index in [1.54, 1.807) is 12.4 Å². The minimum absolute atomic E-state index is 1.01. The molecule has 0 fully saturated rings. The largest absolute Gasteiger partial charge is 0.278 e. The molecule has 2 heterocycles. The highest BCUT2D eigenvalue weighted by Crippen LogP contribution is 2.17. The number of hydrogen-bond donors (Lipinski definition) is 1. The summed E-state index contributed by atoms with van der Waals surface area (Å²) in [5, 5.41) is 6.79. The average Bonchev–Trinajstić information content (AvgIpc) is 2.57. The van der Waals surface area contributed by atoms with E-state index in [0.29, 0.717) is 0 Å². The highest BCUT2D eigenvalue weighted by molar-refractivity contribution is 5.60. The van der Waals surface area contributed by atoms with Crippen LogP contribution >= 0.6 is 0 Å². The van der Waals surface area contributed by atoms with Crippen LogP contribution < -0.4 is 0 Å². The first-order valence-corrected chi connectivity index (χ1v) is 3.79. The summed E-state index contributed by atoms with van der Waals surface area (Å²) in [5.41, 5.74) is 3.14. The molecule has 0 saturated heterocycles. The average molecular weight is 159 g/mol. The van der Waals surface area contributed by atoms with Gasteiger partial charge in [0.1, 0.15) is 0 Å². The van der Waals surface area contributed by atoms with E-state index in [1.165, 1.54) is 0 Å². The SMILES string of the molecule is Cc1ncccc1-c1ccn[nH]1. The van der Waals surface area contributed by atoms with Gasteiger partial charge in [0.05, 0.1) is 5.69 Å². The Labute approximate surface area is 70.5 Å². The Morgan fingerprint density at radius 1 is 1.25 bits per heavy atom. The van der Waals surface area contributed by atoms with Crippen molar-refractivity contribution in [2.24, 2.45) is 0 Å². The molecule has 0 amide bonds. The highest BCUT2D eigenvalue weighted by atomic mass is 15.1. The van der Waals surface area contributed by atoms with Crippen LogP contribution in [-0.2, 0) is 0 Å². The quantitative estimate of drug-likeness (QED) is 0.689. The smallest absolute Gasteiger partial charge is 0.0668 e. The summed E-state index contributed by atoms with van der Waals surface area (Å²) >= 11 is 0. The second kappa shape index (κ2) is 2.77. The lowest BCUT2D eigenvalue weighted by Crippen LogP contribution is -1.86. The van der Waals surface area contributed by atoms with Gasteiger partial charge < -0.3 is 0 Å². The van der Waals surface area contributed by atoms with Gasteiger partial charge in [0.2, 0.25) is 0 Å². The van der Waals surface area contributed by atoms with E-state index in [0.717, 1.165) is 17.0 Å². The number of H-pyrrole nitrogens is 1. The first-order valence-electron chi connectivity index (χ1n) is 3.79. The van der Waals surface area contributed by atoms with Crippen LogP contribution in [0.5, 0.6) is 0 Å². The molecule has 0 aliphatic carbocycles. The first kappa shape index (κ1) is 7.03. The van der Waals surface area contributed by atoms with Crippen LogP contribution in [0.2, 0.25) is 0 Å². The third-order valence-electron chi connectivity index (χ3n) is 1.80. The van der Waals surface area contributed by atoms with Crippen molar-refractivity contribution in [1.82, 2.24) is 15.2 Å². The van der Waals surface area contributed by atoms with Gasteiger partial charge in [0, 0.05) is 23.7 Å². The van der Waals surface area contributed by atoms with Crippen molar-refractivity contribution in [2.45, 2.75) is 6.92 Å². The Morgan fingerprint density at radius 3 is 2.83 bits per heavy atom. The molecule has 0 aromatic carbocycles. The molecule has 0 aliphatic rings. The van der Waals surface area contributed by atoms with Gasteiger partial charge in [-0.05, 0) is 25.1 Å². The number of aromatic amines is 1. The summed E-state index contributed by atoms with van der Waals surface area (Å²) in [6.45, 7) is 1.98. The van der Waals surface area contributed by atoms with Crippen molar-refractivity contribution < 1.29 is 0 Å². The fourth-order valence-electron chi connectivity index (χ4n) is 1.17. The predicted octanol–water partition coefficient (Wildman–Crippen LogP) is 1.78. The van der Waals surface area contributed by atoms with E-state index < -0.39 is 0 Å². The summed E-state index contributed by atoms with van der Waals surface area (Å²) in [7, 11) is 0. The summed E-state index contributed by atoms with van der Waals surface area (Å²) in [4.78, 5) is 4.19. The van der Waals surface area contributed by atoms with Crippen LogP contribution in [0, 0.1) is 6.92 Å². The molecule has 60 valence electrons. The molecule has 0 radical (unpaired) electrons. The topological polar surface area (TPSA) is 41.6 Å². The Kier molecular flexibility index (Phi) is 1.63. The standard InChI is InChI=1S/C9H9N3/c1-7-8(3-2-5-10-7)9-4-6-11-12-9/h2-6H,1H3,(H,11,12). The number of aryl methyl sites for hydroxylation is 1. The minimum atomic E-state index is 1.01. The zero-order valence-electron chi connectivity index (χ0n) is 6.78. The zero-order chi connectivity index (χ0) is 8.39. The highest BCUT2D eigenvalue weighted by Gasteiger charge is 2.01. The summed E-state index contributed by atoms with van der Waals surface area (Å²) in [6, 6.07) is 5.88. The Balaban J connectivity index is 2.55. The van der Waals surface area contributed by atoms with Gasteiger partial charge in [0.15, 0.2) is 0 Å². The monoisotopic (exact) mass is 159 g/mol. The molecule has 2 aromatic rings. The number of nitrogens with one attached hydrogen (secondary N) is 1. The van der Waals surface area contributed by atoms with Gasteiger partial charge in [-0.3, -0.25) is 10.1 Å². The molecule has 3 nitrogen and oxygen atoms in total. The molecule has 2 rings (SSSR count). The van der Waals surface area contributed by atoms with Gasteiger partial charge in [0.25, 0.3) is 0 Å². The van der Waals surface area contributed by atoms with E-state index in [9.17, 15) is 0 Å². The predicted molar refractivity (Wildman–Crippen MR) is 46.6 cm³/mol. The van der Waals surface area contributed by atoms with Crippen LogP contribution in [0.3, 0.4) is 0 Å². The first-order chi connectivity index (χ1) is 5.88. The lowest BCUT2D eigenvalue weighted by atomic mass is 10.1. The van der Waals surface area contributed by atoms with E-state index in [1.807, 2.05) is 25.1 Å². The van der Waals surface area contributed by atoms with Gasteiger partial charge >= 0.3 is 0 Å². The summed E-state index contributed by atoms with van der Waals surface area (Å²) < 4.78 is 0. The normalized spacial score (nSPS) is 10.1. The van der Waals surface area contributed by atoms with Crippen molar-refractivity contribution in [1.29, 1.82) is 0 Å². The zero-order valence-corrected chi connectivity index (χ0v) is 6.78. The van der Waals surface area contributed by atoms with E-state index in [2.05, 4.69) is 15.2 Å². The van der Waals surface area contributed by atoms with Crippen LogP contribution in [-0.4, -0.2) is 15.2 Å². The third kappa shape index (κ3) is 1.09. The third-order valence-corrected chi connectivity index (χ3v) is 1.80. The molecule has 12 heavy (non-hydrogen) atoms. The maximum atomic E-state index is 4.19. The van der Waals surface area contributed by atoms with Crippen LogP contribution in [0.1, 0.15) is 5.69 Å². The second-order valence-corrected chi connectivity index (χ2v) is 2.61. The summed E-state index contributed by atoms with van der Waals surface area (Å²) in [6.07, 6.45) is 3.52. The summed E-state index contributed by atoms with van der Waals surface area (Å²) in [5.74, 6) is 0. The van der Waals surface area contributed by atoms with Crippen LogP contribution in [0.15, 0.2) is 30.6 Å². The van der Waals surface area contributed by atoms with E-state index in [4.69, 9.17) is 0 Å². The van der Waals surface area contributed by atoms with E-state index in [-0.39, 0.29) is 0 Å². The lowest BCUT2D eigenvalue weighted by Gasteiger charge is -1.99. The van der Waals surface area contributed by atoms with Gasteiger partial charge in [-0.2, -0.15) is 5.10 Å². The molecule has 0 atom stereocenters.